The number of esters is 1. The van der Waals surface area contributed by atoms with Crippen molar-refractivity contribution in [2.75, 3.05) is 6.61 Å². The number of benzene rings is 1. The molecule has 0 spiro atoms. The zero-order valence-electron chi connectivity index (χ0n) is 10.7. The van der Waals surface area contributed by atoms with E-state index in [4.69, 9.17) is 4.74 Å². The average molecular weight is 285 g/mol. The number of ether oxygens (including phenoxy) is 1. The van der Waals surface area contributed by atoms with Gasteiger partial charge < -0.3 is 4.74 Å². The Balaban J connectivity index is 2.49. The summed E-state index contributed by atoms with van der Waals surface area (Å²) in [6, 6.07) is 1.79. The van der Waals surface area contributed by atoms with Gasteiger partial charge in [0.2, 0.25) is 0 Å². The van der Waals surface area contributed by atoms with Gasteiger partial charge in [0.1, 0.15) is 0 Å². The van der Waals surface area contributed by atoms with Crippen LogP contribution < -0.4 is 0 Å². The van der Waals surface area contributed by atoms with Crippen LogP contribution in [0.4, 0.5) is 13.2 Å². The number of halogens is 3. The molecule has 0 saturated heterocycles. The molecule has 0 aliphatic rings. The van der Waals surface area contributed by atoms with Gasteiger partial charge in [0, 0.05) is 7.05 Å². The number of nitrogens with zero attached hydrogens (tertiary/aromatic N) is 3. The lowest BCUT2D eigenvalue weighted by Crippen LogP contribution is -2.07. The fraction of sp³-hybridized carbons (Fsp3) is 0.250. The maximum Gasteiger partial charge on any atom is 0.378 e. The standard InChI is InChI=1S/C12H10F3N3O2/c1-3-20-12(19)10-16-11(18(2)17-10)6-4-5-7(13)9(15)8(6)14/h4-5H,3H2,1-2H3. The number of carbonyl (C=O) groups is 1. The molecule has 20 heavy (non-hydrogen) atoms. The highest BCUT2D eigenvalue weighted by Gasteiger charge is 2.21. The van der Waals surface area contributed by atoms with E-state index in [9.17, 15) is 18.0 Å². The molecular weight excluding hydrogens is 275 g/mol. The normalized spacial score (nSPS) is 10.7. The Morgan fingerprint density at radius 3 is 2.65 bits per heavy atom. The molecule has 1 aromatic carbocycles. The second-order valence-electron chi connectivity index (χ2n) is 3.83. The number of carbonyl (C=O) groups excluding carboxylic acids is 1. The quantitative estimate of drug-likeness (QED) is 0.640. The first-order valence-electron chi connectivity index (χ1n) is 5.67. The van der Waals surface area contributed by atoms with Gasteiger partial charge in [-0.2, -0.15) is 0 Å². The third-order valence-electron chi connectivity index (χ3n) is 2.50. The summed E-state index contributed by atoms with van der Waals surface area (Å²) in [5.41, 5.74) is -0.297. The van der Waals surface area contributed by atoms with Crippen molar-refractivity contribution in [1.29, 1.82) is 0 Å². The first kappa shape index (κ1) is 14.0. The maximum atomic E-state index is 13.7. The van der Waals surface area contributed by atoms with Crippen molar-refractivity contribution in [1.82, 2.24) is 14.8 Å². The van der Waals surface area contributed by atoms with Crippen molar-refractivity contribution in [3.05, 3.63) is 35.4 Å². The van der Waals surface area contributed by atoms with Gasteiger partial charge in [0.05, 0.1) is 12.2 Å². The highest BCUT2D eigenvalue weighted by molar-refractivity contribution is 5.85. The van der Waals surface area contributed by atoms with E-state index in [-0.39, 0.29) is 23.8 Å². The molecule has 2 rings (SSSR count). The lowest BCUT2D eigenvalue weighted by Gasteiger charge is -2.03. The van der Waals surface area contributed by atoms with Crippen molar-refractivity contribution >= 4 is 5.97 Å². The van der Waals surface area contributed by atoms with E-state index >= 15 is 0 Å². The Hall–Kier alpha value is -2.38. The Kier molecular flexibility index (Phi) is 3.73. The predicted molar refractivity (Wildman–Crippen MR) is 62.3 cm³/mol. The highest BCUT2D eigenvalue weighted by Crippen LogP contribution is 2.24. The zero-order chi connectivity index (χ0) is 14.9. The van der Waals surface area contributed by atoms with E-state index in [2.05, 4.69) is 10.1 Å². The van der Waals surface area contributed by atoms with Crippen LogP contribution in [0.1, 0.15) is 17.5 Å². The average Bonchev–Trinajstić information content (AvgIpc) is 2.79. The molecule has 0 N–H and O–H groups in total. The summed E-state index contributed by atoms with van der Waals surface area (Å²) in [6.45, 7) is 1.74. The van der Waals surface area contributed by atoms with Crippen LogP contribution in [-0.2, 0) is 11.8 Å². The minimum atomic E-state index is -1.61. The number of rotatable bonds is 3. The highest BCUT2D eigenvalue weighted by atomic mass is 19.2. The molecule has 106 valence electrons. The number of hydrogen-bond donors (Lipinski definition) is 0. The van der Waals surface area contributed by atoms with Gasteiger partial charge in [-0.1, -0.05) is 0 Å². The molecule has 2 aromatic rings. The topological polar surface area (TPSA) is 57.0 Å². The second-order valence-corrected chi connectivity index (χ2v) is 3.83. The van der Waals surface area contributed by atoms with Gasteiger partial charge >= 0.3 is 5.97 Å². The summed E-state index contributed by atoms with van der Waals surface area (Å²) in [6.07, 6.45) is 0. The Morgan fingerprint density at radius 2 is 2.00 bits per heavy atom. The summed E-state index contributed by atoms with van der Waals surface area (Å²) in [7, 11) is 1.39. The molecule has 0 aliphatic carbocycles. The first-order valence-corrected chi connectivity index (χ1v) is 5.67. The zero-order valence-corrected chi connectivity index (χ0v) is 10.7. The molecule has 0 fully saturated rings. The molecule has 0 atom stereocenters. The predicted octanol–water partition coefficient (Wildman–Crippen LogP) is 2.08. The molecule has 0 bridgehead atoms. The van der Waals surface area contributed by atoms with Gasteiger partial charge in [-0.05, 0) is 19.1 Å². The van der Waals surface area contributed by atoms with Crippen LogP contribution in [0.5, 0.6) is 0 Å². The smallest absolute Gasteiger partial charge is 0.378 e. The van der Waals surface area contributed by atoms with E-state index < -0.39 is 23.4 Å². The second kappa shape index (κ2) is 5.32. The third kappa shape index (κ3) is 2.36. The minimum Gasteiger partial charge on any atom is -0.460 e. The summed E-state index contributed by atoms with van der Waals surface area (Å²) in [4.78, 5) is 15.2. The molecule has 5 nitrogen and oxygen atoms in total. The fourth-order valence-electron chi connectivity index (χ4n) is 1.60. The van der Waals surface area contributed by atoms with Crippen LogP contribution in [0.2, 0.25) is 0 Å². The van der Waals surface area contributed by atoms with Crippen molar-refractivity contribution in [3.63, 3.8) is 0 Å². The van der Waals surface area contributed by atoms with Crippen LogP contribution >= 0.6 is 0 Å². The number of aryl methyl sites for hydroxylation is 1. The van der Waals surface area contributed by atoms with Gasteiger partial charge in [0.15, 0.2) is 23.3 Å². The summed E-state index contributed by atoms with van der Waals surface area (Å²) < 4.78 is 45.5. The minimum absolute atomic E-state index is 0.107. The molecule has 0 amide bonds. The van der Waals surface area contributed by atoms with E-state index in [1.165, 1.54) is 7.05 Å². The van der Waals surface area contributed by atoms with Gasteiger partial charge in [-0.15, -0.1) is 5.10 Å². The van der Waals surface area contributed by atoms with Crippen LogP contribution in [0.25, 0.3) is 11.4 Å². The number of aromatic nitrogens is 3. The van der Waals surface area contributed by atoms with Crippen molar-refractivity contribution < 1.29 is 22.7 Å². The SMILES string of the molecule is CCOC(=O)c1nc(-c2ccc(F)c(F)c2F)n(C)n1. The van der Waals surface area contributed by atoms with Gasteiger partial charge in [-0.3, -0.25) is 0 Å². The first-order chi connectivity index (χ1) is 9.45. The van der Waals surface area contributed by atoms with E-state index in [0.29, 0.717) is 0 Å². The molecule has 0 saturated carbocycles. The third-order valence-corrected chi connectivity index (χ3v) is 2.50. The monoisotopic (exact) mass is 285 g/mol. The lowest BCUT2D eigenvalue weighted by atomic mass is 10.2. The van der Waals surface area contributed by atoms with E-state index in [1.807, 2.05) is 0 Å². The number of hydrogen-bond acceptors (Lipinski definition) is 4. The van der Waals surface area contributed by atoms with Crippen LogP contribution in [-0.4, -0.2) is 27.3 Å². The van der Waals surface area contributed by atoms with E-state index in [0.717, 1.165) is 16.8 Å². The Bertz CT molecular complexity index is 670. The molecule has 0 unspecified atom stereocenters. The summed E-state index contributed by atoms with van der Waals surface area (Å²) in [5.74, 6) is -5.48. The molecule has 0 aliphatic heterocycles. The van der Waals surface area contributed by atoms with Crippen LogP contribution in [0.3, 0.4) is 0 Å². The largest absolute Gasteiger partial charge is 0.460 e. The van der Waals surface area contributed by atoms with Crippen molar-refractivity contribution in [2.45, 2.75) is 6.92 Å². The maximum absolute atomic E-state index is 13.7. The van der Waals surface area contributed by atoms with Gasteiger partial charge in [0.25, 0.3) is 5.82 Å². The summed E-state index contributed by atoms with van der Waals surface area (Å²) in [5, 5.41) is 3.75. The molecular formula is C12H10F3N3O2. The van der Waals surface area contributed by atoms with E-state index in [1.54, 1.807) is 6.92 Å². The Morgan fingerprint density at radius 1 is 1.30 bits per heavy atom. The molecule has 1 aromatic heterocycles. The lowest BCUT2D eigenvalue weighted by molar-refractivity contribution is 0.0512. The van der Waals surface area contributed by atoms with Crippen LogP contribution in [0, 0.1) is 17.5 Å². The van der Waals surface area contributed by atoms with Crippen LogP contribution in [0.15, 0.2) is 12.1 Å². The summed E-state index contributed by atoms with van der Waals surface area (Å²) >= 11 is 0. The van der Waals surface area contributed by atoms with Gasteiger partial charge in [-0.25, -0.2) is 27.6 Å². The molecule has 0 radical (unpaired) electrons. The molecule has 8 heteroatoms. The fourth-order valence-corrected chi connectivity index (χ4v) is 1.60. The van der Waals surface area contributed by atoms with Crippen molar-refractivity contribution in [3.8, 4) is 11.4 Å². The molecule has 1 heterocycles. The Labute approximate surface area is 112 Å². The van der Waals surface area contributed by atoms with Crippen molar-refractivity contribution in [2.24, 2.45) is 7.05 Å².